The smallest absolute Gasteiger partial charge is 0.220 e. The number of hydrogen-bond donors (Lipinski definition) is 2. The van der Waals surface area contributed by atoms with Gasteiger partial charge >= 0.3 is 0 Å². The number of aliphatic imine (C=N–C) groups is 1. The molecule has 8 heteroatoms. The molecule has 6 nitrogen and oxygen atoms in total. The average molecular weight is 463 g/mol. The number of nitrogens with one attached hydrogen (secondary N) is 2. The van der Waals surface area contributed by atoms with Crippen molar-refractivity contribution < 1.29 is 4.79 Å². The van der Waals surface area contributed by atoms with Gasteiger partial charge in [0.2, 0.25) is 5.91 Å². The summed E-state index contributed by atoms with van der Waals surface area (Å²) >= 11 is 1.73. The molecule has 24 heavy (non-hydrogen) atoms. The fourth-order valence-electron chi connectivity index (χ4n) is 3.66. The summed E-state index contributed by atoms with van der Waals surface area (Å²) in [6, 6.07) is 0. The summed E-state index contributed by atoms with van der Waals surface area (Å²) in [6.07, 6.45) is 2.87. The quantitative estimate of drug-likeness (QED) is 0.400. The number of rotatable bonds is 2. The lowest BCUT2D eigenvalue weighted by Crippen LogP contribution is -2.51. The number of aryl methyl sites for hydroxylation is 2. The molecule has 0 bridgehead atoms. The second-order valence-electron chi connectivity index (χ2n) is 6.62. The van der Waals surface area contributed by atoms with Crippen LogP contribution in [0.25, 0.3) is 0 Å². The van der Waals surface area contributed by atoms with E-state index in [1.54, 1.807) is 11.3 Å². The molecule has 0 saturated carbocycles. The van der Waals surface area contributed by atoms with E-state index in [0.717, 1.165) is 55.7 Å². The van der Waals surface area contributed by atoms with Crippen molar-refractivity contribution in [1.82, 2.24) is 20.5 Å². The maximum absolute atomic E-state index is 11.6. The Bertz CT molecular complexity index is 632. The molecule has 2 fully saturated rings. The van der Waals surface area contributed by atoms with Gasteiger partial charge in [-0.3, -0.25) is 9.79 Å². The minimum Gasteiger partial charge on any atom is -0.355 e. The Balaban J connectivity index is 0.00000208. The Morgan fingerprint density at radius 3 is 2.88 bits per heavy atom. The number of guanidine groups is 1. The van der Waals surface area contributed by atoms with Gasteiger partial charge < -0.3 is 15.5 Å². The van der Waals surface area contributed by atoms with Crippen LogP contribution in [0.2, 0.25) is 0 Å². The molecule has 2 N–H and O–H groups in total. The van der Waals surface area contributed by atoms with Gasteiger partial charge in [0.15, 0.2) is 5.96 Å². The number of thiazole rings is 1. The van der Waals surface area contributed by atoms with Crippen molar-refractivity contribution in [1.29, 1.82) is 0 Å². The van der Waals surface area contributed by atoms with Crippen LogP contribution in [-0.4, -0.2) is 48.4 Å². The summed E-state index contributed by atoms with van der Waals surface area (Å²) in [6.45, 7) is 7.53. The number of nitrogens with zero attached hydrogens (tertiary/aromatic N) is 3. The predicted octanol–water partition coefficient (Wildman–Crippen LogP) is 2.06. The lowest BCUT2D eigenvalue weighted by Gasteiger charge is -2.40. The summed E-state index contributed by atoms with van der Waals surface area (Å²) in [4.78, 5) is 24.1. The Hall–Kier alpha value is -0.900. The van der Waals surface area contributed by atoms with Crippen molar-refractivity contribution in [3.63, 3.8) is 0 Å². The van der Waals surface area contributed by atoms with E-state index >= 15 is 0 Å². The Morgan fingerprint density at radius 2 is 2.29 bits per heavy atom. The molecule has 2 aliphatic rings. The van der Waals surface area contributed by atoms with E-state index in [1.165, 1.54) is 4.88 Å². The second kappa shape index (κ2) is 7.99. The van der Waals surface area contributed by atoms with E-state index in [0.29, 0.717) is 6.42 Å². The predicted molar refractivity (Wildman–Crippen MR) is 108 cm³/mol. The third-order valence-electron chi connectivity index (χ3n) is 4.78. The maximum atomic E-state index is 11.6. The van der Waals surface area contributed by atoms with Crippen molar-refractivity contribution in [2.75, 3.05) is 26.7 Å². The lowest BCUT2D eigenvalue weighted by atomic mass is 9.79. The molecule has 2 aliphatic heterocycles. The fraction of sp³-hybridized carbons (Fsp3) is 0.688. The molecule has 1 spiro atoms. The number of halogens is 1. The molecule has 1 aromatic heterocycles. The minimum atomic E-state index is 0. The summed E-state index contributed by atoms with van der Waals surface area (Å²) in [5, 5.41) is 7.56. The molecule has 134 valence electrons. The largest absolute Gasteiger partial charge is 0.355 e. The van der Waals surface area contributed by atoms with Gasteiger partial charge in [-0.25, -0.2) is 4.98 Å². The Morgan fingerprint density at radius 1 is 1.50 bits per heavy atom. The van der Waals surface area contributed by atoms with Crippen LogP contribution in [0.1, 0.15) is 34.8 Å². The first-order chi connectivity index (χ1) is 11.0. The van der Waals surface area contributed by atoms with Gasteiger partial charge in [0.05, 0.1) is 17.2 Å². The molecule has 1 amide bonds. The highest BCUT2D eigenvalue weighted by atomic mass is 127. The van der Waals surface area contributed by atoms with Crippen molar-refractivity contribution >= 4 is 47.2 Å². The van der Waals surface area contributed by atoms with Crippen LogP contribution >= 0.6 is 35.3 Å². The van der Waals surface area contributed by atoms with Crippen molar-refractivity contribution in [2.24, 2.45) is 10.4 Å². The summed E-state index contributed by atoms with van der Waals surface area (Å²) in [7, 11) is 1.83. The fourth-order valence-corrected chi connectivity index (χ4v) is 4.53. The Labute approximate surface area is 164 Å². The van der Waals surface area contributed by atoms with Gasteiger partial charge in [0, 0.05) is 43.4 Å². The molecular weight excluding hydrogens is 437 g/mol. The molecule has 2 saturated heterocycles. The topological polar surface area (TPSA) is 69.6 Å². The van der Waals surface area contributed by atoms with Crippen LogP contribution < -0.4 is 10.6 Å². The first kappa shape index (κ1) is 19.4. The van der Waals surface area contributed by atoms with Crippen LogP contribution in [-0.2, 0) is 11.3 Å². The Kier molecular flexibility index (Phi) is 6.46. The van der Waals surface area contributed by atoms with Crippen molar-refractivity contribution in [3.8, 4) is 0 Å². The molecule has 3 rings (SSSR count). The van der Waals surface area contributed by atoms with Crippen LogP contribution in [0.4, 0.5) is 0 Å². The SMILES string of the molecule is CN=C(NCc1sc(C)nc1C)N1CCCC2(CNC(=O)C2)C1.I. The van der Waals surface area contributed by atoms with E-state index in [4.69, 9.17) is 0 Å². The minimum absolute atomic E-state index is 0. The number of carbonyl (C=O) groups excluding carboxylic acids is 1. The highest BCUT2D eigenvalue weighted by Gasteiger charge is 2.42. The third kappa shape index (κ3) is 4.19. The van der Waals surface area contributed by atoms with E-state index in [2.05, 4.69) is 32.4 Å². The molecule has 1 unspecified atom stereocenters. The lowest BCUT2D eigenvalue weighted by molar-refractivity contribution is -0.119. The number of hydrogen-bond acceptors (Lipinski definition) is 4. The maximum Gasteiger partial charge on any atom is 0.220 e. The molecule has 1 aromatic rings. The molecule has 3 heterocycles. The summed E-state index contributed by atoms with van der Waals surface area (Å²) in [5.74, 6) is 1.11. The van der Waals surface area contributed by atoms with Gasteiger partial charge in [-0.15, -0.1) is 35.3 Å². The van der Waals surface area contributed by atoms with E-state index in [-0.39, 0.29) is 35.3 Å². The van der Waals surface area contributed by atoms with Crippen molar-refractivity contribution in [2.45, 2.75) is 39.7 Å². The van der Waals surface area contributed by atoms with Gasteiger partial charge in [0.25, 0.3) is 0 Å². The van der Waals surface area contributed by atoms with Crippen molar-refractivity contribution in [3.05, 3.63) is 15.6 Å². The monoisotopic (exact) mass is 463 g/mol. The standard InChI is InChI=1S/C16H25N5OS.HI/c1-11-13(23-12(2)20-11)8-18-15(17-3)21-6-4-5-16(10-21)7-14(22)19-9-16;/h4-10H2,1-3H3,(H,17,18)(H,19,22);1H. The van der Waals surface area contributed by atoms with Gasteiger partial charge in [0.1, 0.15) is 0 Å². The zero-order valence-electron chi connectivity index (χ0n) is 14.5. The number of likely N-dealkylation sites (tertiary alicyclic amines) is 1. The molecule has 0 aromatic carbocycles. The van der Waals surface area contributed by atoms with Crippen LogP contribution in [0.15, 0.2) is 4.99 Å². The molecular formula is C16H26IN5OS. The highest BCUT2D eigenvalue weighted by Crippen LogP contribution is 2.36. The van der Waals surface area contributed by atoms with E-state index < -0.39 is 0 Å². The van der Waals surface area contributed by atoms with Crippen LogP contribution in [0.5, 0.6) is 0 Å². The zero-order chi connectivity index (χ0) is 16.4. The van der Waals surface area contributed by atoms with Gasteiger partial charge in [-0.1, -0.05) is 0 Å². The summed E-state index contributed by atoms with van der Waals surface area (Å²) < 4.78 is 0. The number of amides is 1. The number of carbonyl (C=O) groups is 1. The highest BCUT2D eigenvalue weighted by molar-refractivity contribution is 14.0. The average Bonchev–Trinajstić information content (AvgIpc) is 3.02. The molecule has 0 radical (unpaired) electrons. The van der Waals surface area contributed by atoms with Gasteiger partial charge in [-0.2, -0.15) is 0 Å². The third-order valence-corrected chi connectivity index (χ3v) is 5.85. The first-order valence-corrected chi connectivity index (χ1v) is 8.98. The summed E-state index contributed by atoms with van der Waals surface area (Å²) in [5.41, 5.74) is 1.18. The number of piperidine rings is 1. The van der Waals surface area contributed by atoms with Crippen LogP contribution in [0.3, 0.4) is 0 Å². The molecule has 1 atom stereocenters. The van der Waals surface area contributed by atoms with E-state index in [9.17, 15) is 4.79 Å². The normalized spacial score (nSPS) is 24.0. The molecule has 0 aliphatic carbocycles. The van der Waals surface area contributed by atoms with E-state index in [1.807, 2.05) is 14.0 Å². The second-order valence-corrected chi connectivity index (χ2v) is 7.91. The first-order valence-electron chi connectivity index (χ1n) is 8.16. The zero-order valence-corrected chi connectivity index (χ0v) is 17.7. The van der Waals surface area contributed by atoms with Crippen LogP contribution in [0, 0.1) is 19.3 Å². The van der Waals surface area contributed by atoms with Gasteiger partial charge in [-0.05, 0) is 26.7 Å². The number of aromatic nitrogens is 1.